The number of carbonyl (C=O) groups excluding carboxylic acids is 2. The van der Waals surface area contributed by atoms with Crippen molar-refractivity contribution in [2.45, 2.75) is 38.8 Å². The zero-order valence-corrected chi connectivity index (χ0v) is 18.9. The van der Waals surface area contributed by atoms with Crippen LogP contribution in [-0.4, -0.2) is 18.4 Å². The van der Waals surface area contributed by atoms with Gasteiger partial charge < -0.3 is 21.3 Å². The number of carbonyl (C=O) groups is 2. The van der Waals surface area contributed by atoms with Crippen LogP contribution in [-0.2, 0) is 16.1 Å². The number of benzene rings is 3. The minimum Gasteiger partial charge on any atom is -0.370 e. The molecule has 1 aliphatic heterocycles. The minimum atomic E-state index is -0.581. The molecule has 1 aliphatic rings. The predicted octanol–water partition coefficient (Wildman–Crippen LogP) is 4.76. The summed E-state index contributed by atoms with van der Waals surface area (Å²) >= 11 is 0. The lowest BCUT2D eigenvalue weighted by molar-refractivity contribution is -0.119. The number of rotatable bonds is 7. The first kappa shape index (κ1) is 22.6. The molecule has 1 fully saturated rings. The number of amides is 2. The fourth-order valence-corrected chi connectivity index (χ4v) is 4.17. The van der Waals surface area contributed by atoms with E-state index in [-0.39, 0.29) is 11.8 Å². The lowest BCUT2D eigenvalue weighted by Crippen LogP contribution is -2.35. The summed E-state index contributed by atoms with van der Waals surface area (Å²) in [6.07, 6.45) is 2.55. The van der Waals surface area contributed by atoms with Gasteiger partial charge >= 0.3 is 0 Å². The summed E-state index contributed by atoms with van der Waals surface area (Å²) in [5.41, 5.74) is 11.1. The Morgan fingerprint density at radius 2 is 1.79 bits per heavy atom. The Labute approximate surface area is 194 Å². The quantitative estimate of drug-likeness (QED) is 0.492. The van der Waals surface area contributed by atoms with Gasteiger partial charge in [-0.25, -0.2) is 0 Å². The van der Waals surface area contributed by atoms with Crippen molar-refractivity contribution < 1.29 is 9.59 Å². The van der Waals surface area contributed by atoms with Gasteiger partial charge in [-0.1, -0.05) is 36.4 Å². The largest absolute Gasteiger partial charge is 0.370 e. The Hall–Kier alpha value is -3.64. The molecule has 1 heterocycles. The van der Waals surface area contributed by atoms with Crippen LogP contribution in [0.15, 0.2) is 72.8 Å². The number of nitrogens with two attached hydrogens (primary N) is 1. The van der Waals surface area contributed by atoms with Gasteiger partial charge in [-0.15, -0.1) is 0 Å². The van der Waals surface area contributed by atoms with Gasteiger partial charge in [0.2, 0.25) is 5.91 Å². The standard InChI is InChI=1S/C27H30N4O2/c1-19-7-2-3-10-24(19)26(29-22-9-6-8-20(17-22)18-28)27(33)30-21-12-14-23(15-13-21)31-16-5-4-11-25(31)32/h2-3,6-10,12-15,17,26,29H,4-5,11,16,18,28H2,1H3,(H,30,33). The number of hydrogen-bond acceptors (Lipinski definition) is 4. The van der Waals surface area contributed by atoms with Gasteiger partial charge in [-0.2, -0.15) is 0 Å². The van der Waals surface area contributed by atoms with Crippen LogP contribution < -0.4 is 21.3 Å². The Morgan fingerprint density at radius 3 is 2.52 bits per heavy atom. The zero-order chi connectivity index (χ0) is 23.2. The van der Waals surface area contributed by atoms with Gasteiger partial charge in [0.15, 0.2) is 0 Å². The Balaban J connectivity index is 1.55. The Kier molecular flexibility index (Phi) is 7.05. The van der Waals surface area contributed by atoms with Crippen molar-refractivity contribution in [1.29, 1.82) is 0 Å². The molecule has 1 saturated heterocycles. The number of piperidine rings is 1. The van der Waals surface area contributed by atoms with Crippen molar-refractivity contribution in [3.63, 3.8) is 0 Å². The summed E-state index contributed by atoms with van der Waals surface area (Å²) in [6.45, 7) is 3.17. The van der Waals surface area contributed by atoms with E-state index < -0.39 is 6.04 Å². The second-order valence-corrected chi connectivity index (χ2v) is 8.38. The maximum absolute atomic E-state index is 13.4. The molecular formula is C27H30N4O2. The fourth-order valence-electron chi connectivity index (χ4n) is 4.17. The Bertz CT molecular complexity index is 1130. The number of hydrogen-bond donors (Lipinski definition) is 3. The summed E-state index contributed by atoms with van der Waals surface area (Å²) in [5, 5.41) is 6.41. The van der Waals surface area contributed by atoms with Crippen LogP contribution in [0.4, 0.5) is 17.1 Å². The van der Waals surface area contributed by atoms with E-state index in [0.717, 1.165) is 47.5 Å². The lowest BCUT2D eigenvalue weighted by Gasteiger charge is -2.27. The maximum Gasteiger partial charge on any atom is 0.251 e. The normalized spacial score (nSPS) is 14.6. The van der Waals surface area contributed by atoms with E-state index in [9.17, 15) is 9.59 Å². The minimum absolute atomic E-state index is 0.154. The number of nitrogens with one attached hydrogen (secondary N) is 2. The van der Waals surface area contributed by atoms with Gasteiger partial charge in [-0.05, 0) is 72.9 Å². The molecule has 4 N–H and O–H groups in total. The molecule has 1 unspecified atom stereocenters. The van der Waals surface area contributed by atoms with E-state index in [1.807, 2.05) is 84.6 Å². The van der Waals surface area contributed by atoms with Crippen molar-refractivity contribution in [2.75, 3.05) is 22.1 Å². The molecule has 6 heteroatoms. The lowest BCUT2D eigenvalue weighted by atomic mass is 10.00. The van der Waals surface area contributed by atoms with Gasteiger partial charge in [-0.3, -0.25) is 9.59 Å². The van der Waals surface area contributed by atoms with E-state index in [1.54, 1.807) is 0 Å². The van der Waals surface area contributed by atoms with Crippen molar-refractivity contribution in [1.82, 2.24) is 0 Å². The summed E-state index contributed by atoms with van der Waals surface area (Å²) in [6, 6.07) is 22.5. The van der Waals surface area contributed by atoms with Crippen LogP contribution in [0.2, 0.25) is 0 Å². The van der Waals surface area contributed by atoms with E-state index in [1.165, 1.54) is 0 Å². The molecule has 0 saturated carbocycles. The van der Waals surface area contributed by atoms with E-state index in [2.05, 4.69) is 10.6 Å². The average molecular weight is 443 g/mol. The molecule has 0 bridgehead atoms. The van der Waals surface area contributed by atoms with Gasteiger partial charge in [0.1, 0.15) is 6.04 Å². The molecule has 0 radical (unpaired) electrons. The van der Waals surface area contributed by atoms with Crippen LogP contribution in [0, 0.1) is 6.92 Å². The highest BCUT2D eigenvalue weighted by Gasteiger charge is 2.23. The first-order chi connectivity index (χ1) is 16.0. The van der Waals surface area contributed by atoms with Crippen LogP contribution in [0.3, 0.4) is 0 Å². The molecular weight excluding hydrogens is 412 g/mol. The molecule has 0 aliphatic carbocycles. The monoisotopic (exact) mass is 442 g/mol. The summed E-state index contributed by atoms with van der Waals surface area (Å²) in [7, 11) is 0. The SMILES string of the molecule is Cc1ccccc1C(Nc1cccc(CN)c1)C(=O)Nc1ccc(N2CCCCC2=O)cc1. The molecule has 0 spiro atoms. The van der Waals surface area contributed by atoms with E-state index in [4.69, 9.17) is 5.73 Å². The maximum atomic E-state index is 13.4. The topological polar surface area (TPSA) is 87.5 Å². The van der Waals surface area contributed by atoms with Crippen molar-refractivity contribution in [3.05, 3.63) is 89.5 Å². The molecule has 6 nitrogen and oxygen atoms in total. The second-order valence-electron chi connectivity index (χ2n) is 8.38. The highest BCUT2D eigenvalue weighted by atomic mass is 16.2. The van der Waals surface area contributed by atoms with Crippen molar-refractivity contribution in [3.8, 4) is 0 Å². The van der Waals surface area contributed by atoms with Crippen molar-refractivity contribution >= 4 is 28.9 Å². The molecule has 33 heavy (non-hydrogen) atoms. The third kappa shape index (κ3) is 5.41. The molecule has 1 atom stereocenters. The molecule has 4 rings (SSSR count). The average Bonchev–Trinajstić information content (AvgIpc) is 2.84. The highest BCUT2D eigenvalue weighted by molar-refractivity contribution is 5.98. The molecule has 2 amide bonds. The van der Waals surface area contributed by atoms with Gasteiger partial charge in [0.05, 0.1) is 0 Å². The molecule has 0 aromatic heterocycles. The number of nitrogens with zero attached hydrogens (tertiary/aromatic N) is 1. The fraction of sp³-hybridized carbons (Fsp3) is 0.259. The van der Waals surface area contributed by atoms with Gasteiger partial charge in [0.25, 0.3) is 5.91 Å². The third-order valence-corrected chi connectivity index (χ3v) is 6.01. The molecule has 170 valence electrons. The number of aryl methyl sites for hydroxylation is 1. The third-order valence-electron chi connectivity index (χ3n) is 6.01. The van der Waals surface area contributed by atoms with Crippen LogP contribution in [0.5, 0.6) is 0 Å². The summed E-state index contributed by atoms with van der Waals surface area (Å²) in [4.78, 5) is 27.4. The first-order valence-corrected chi connectivity index (χ1v) is 11.4. The predicted molar refractivity (Wildman–Crippen MR) is 133 cm³/mol. The zero-order valence-electron chi connectivity index (χ0n) is 18.9. The summed E-state index contributed by atoms with van der Waals surface area (Å²) < 4.78 is 0. The van der Waals surface area contributed by atoms with Gasteiger partial charge in [0, 0.05) is 36.6 Å². The molecule has 3 aromatic carbocycles. The van der Waals surface area contributed by atoms with Crippen LogP contribution >= 0.6 is 0 Å². The summed E-state index contributed by atoms with van der Waals surface area (Å²) in [5.74, 6) is -0.00851. The number of anilines is 3. The van der Waals surface area contributed by atoms with E-state index in [0.29, 0.717) is 18.7 Å². The smallest absolute Gasteiger partial charge is 0.251 e. The van der Waals surface area contributed by atoms with Crippen LogP contribution in [0.1, 0.15) is 42.0 Å². The highest BCUT2D eigenvalue weighted by Crippen LogP contribution is 2.26. The van der Waals surface area contributed by atoms with Crippen LogP contribution in [0.25, 0.3) is 0 Å². The van der Waals surface area contributed by atoms with E-state index >= 15 is 0 Å². The Morgan fingerprint density at radius 1 is 1.00 bits per heavy atom. The second kappa shape index (κ2) is 10.3. The van der Waals surface area contributed by atoms with Crippen molar-refractivity contribution in [2.24, 2.45) is 5.73 Å². The molecule has 3 aromatic rings. The first-order valence-electron chi connectivity index (χ1n) is 11.4.